The van der Waals surface area contributed by atoms with Crippen LogP contribution < -0.4 is 14.8 Å². The number of hydrogen-bond donors (Lipinski definition) is 2. The highest BCUT2D eigenvalue weighted by Crippen LogP contribution is 2.24. The molecule has 0 radical (unpaired) electrons. The highest BCUT2D eigenvalue weighted by Gasteiger charge is 2.19. The van der Waals surface area contributed by atoms with Gasteiger partial charge in [-0.05, 0) is 48.0 Å². The van der Waals surface area contributed by atoms with Crippen molar-refractivity contribution < 1.29 is 26.7 Å². The molecule has 3 aromatic rings. The lowest BCUT2D eigenvalue weighted by Gasteiger charge is -2.10. The lowest BCUT2D eigenvalue weighted by Crippen LogP contribution is -2.26. The Kier molecular flexibility index (Phi) is 6.93. The maximum Gasteiger partial charge on any atom is 0.254 e. The topological polar surface area (TPSA) is 97.4 Å². The van der Waals surface area contributed by atoms with Crippen LogP contribution in [0, 0.1) is 11.6 Å². The number of halogens is 2. The zero-order valence-electron chi connectivity index (χ0n) is 16.4. The van der Waals surface area contributed by atoms with Crippen molar-refractivity contribution in [2.75, 3.05) is 6.54 Å². The molecule has 1 aromatic heterocycles. The van der Waals surface area contributed by atoms with Gasteiger partial charge in [0.05, 0.1) is 16.7 Å². The summed E-state index contributed by atoms with van der Waals surface area (Å²) in [6.07, 6.45) is 3.00. The number of carbonyl (C=O) groups excluding carboxylic acids is 1. The summed E-state index contributed by atoms with van der Waals surface area (Å²) in [7, 11) is -3.85. The average Bonchev–Trinajstić information content (AvgIpc) is 2.74. The number of hydrogen-bond acceptors (Lipinski definition) is 5. The molecule has 0 aliphatic heterocycles. The standard InChI is InChI=1S/C21H19F2N3O4S/c1-2-26-31(28,29)16-6-7-18(22)17(11-16)21(27)25-12-14-5-8-20(19(23)10-14)30-15-4-3-9-24-13-15/h3-11,13,26H,2,12H2,1H3,(H,25,27). The maximum absolute atomic E-state index is 14.3. The predicted octanol–water partition coefficient (Wildman–Crippen LogP) is 3.38. The van der Waals surface area contributed by atoms with Crippen LogP contribution in [-0.2, 0) is 16.6 Å². The third-order valence-corrected chi connectivity index (χ3v) is 5.68. The second kappa shape index (κ2) is 9.63. The Morgan fingerprint density at radius 3 is 2.58 bits per heavy atom. The quantitative estimate of drug-likeness (QED) is 0.552. The Bertz CT molecular complexity index is 1190. The molecule has 0 spiro atoms. The van der Waals surface area contributed by atoms with Crippen molar-refractivity contribution in [3.05, 3.63) is 83.7 Å². The van der Waals surface area contributed by atoms with E-state index in [0.29, 0.717) is 11.3 Å². The van der Waals surface area contributed by atoms with Gasteiger partial charge in [-0.15, -0.1) is 0 Å². The molecule has 3 rings (SSSR count). The fourth-order valence-corrected chi connectivity index (χ4v) is 3.73. The summed E-state index contributed by atoms with van der Waals surface area (Å²) in [5, 5.41) is 2.45. The molecule has 2 aromatic carbocycles. The van der Waals surface area contributed by atoms with Crippen LogP contribution in [-0.4, -0.2) is 25.9 Å². The molecule has 0 atom stereocenters. The molecule has 31 heavy (non-hydrogen) atoms. The molecule has 162 valence electrons. The molecule has 0 aliphatic carbocycles. The summed E-state index contributed by atoms with van der Waals surface area (Å²) in [6, 6.07) is 10.3. The Morgan fingerprint density at radius 2 is 1.90 bits per heavy atom. The second-order valence-corrected chi connectivity index (χ2v) is 8.15. The van der Waals surface area contributed by atoms with Gasteiger partial charge in [0.25, 0.3) is 5.91 Å². The van der Waals surface area contributed by atoms with Gasteiger partial charge in [-0.3, -0.25) is 9.78 Å². The molecule has 1 amide bonds. The van der Waals surface area contributed by atoms with Crippen molar-refractivity contribution in [2.45, 2.75) is 18.4 Å². The summed E-state index contributed by atoms with van der Waals surface area (Å²) >= 11 is 0. The number of rotatable bonds is 8. The normalized spacial score (nSPS) is 11.2. The van der Waals surface area contributed by atoms with Crippen LogP contribution in [0.1, 0.15) is 22.8 Å². The molecule has 7 nitrogen and oxygen atoms in total. The third-order valence-electron chi connectivity index (χ3n) is 4.14. The zero-order chi connectivity index (χ0) is 22.4. The van der Waals surface area contributed by atoms with Crippen LogP contribution in [0.5, 0.6) is 11.5 Å². The van der Waals surface area contributed by atoms with Crippen molar-refractivity contribution in [3.63, 3.8) is 0 Å². The van der Waals surface area contributed by atoms with Gasteiger partial charge in [-0.2, -0.15) is 0 Å². The number of nitrogens with one attached hydrogen (secondary N) is 2. The fourth-order valence-electron chi connectivity index (χ4n) is 2.67. The first-order valence-electron chi connectivity index (χ1n) is 9.24. The number of benzene rings is 2. The number of amides is 1. The van der Waals surface area contributed by atoms with Gasteiger partial charge in [-0.25, -0.2) is 21.9 Å². The first-order chi connectivity index (χ1) is 14.8. The lowest BCUT2D eigenvalue weighted by atomic mass is 10.1. The number of nitrogens with zero attached hydrogens (tertiary/aromatic N) is 1. The van der Waals surface area contributed by atoms with E-state index in [4.69, 9.17) is 4.74 Å². The van der Waals surface area contributed by atoms with Crippen molar-refractivity contribution in [2.24, 2.45) is 0 Å². The summed E-state index contributed by atoms with van der Waals surface area (Å²) in [4.78, 5) is 16.0. The Labute approximate surface area is 178 Å². The van der Waals surface area contributed by atoms with E-state index >= 15 is 0 Å². The molecule has 0 fully saturated rings. The average molecular weight is 447 g/mol. The zero-order valence-corrected chi connectivity index (χ0v) is 17.2. The largest absolute Gasteiger partial charge is 0.453 e. The minimum atomic E-state index is -3.85. The third kappa shape index (κ3) is 5.62. The number of ether oxygens (including phenoxy) is 1. The van der Waals surface area contributed by atoms with Crippen LogP contribution in [0.2, 0.25) is 0 Å². The van der Waals surface area contributed by atoms with E-state index in [9.17, 15) is 22.0 Å². The van der Waals surface area contributed by atoms with E-state index in [2.05, 4.69) is 15.0 Å². The van der Waals surface area contributed by atoms with E-state index in [-0.39, 0.29) is 23.7 Å². The van der Waals surface area contributed by atoms with Crippen molar-refractivity contribution >= 4 is 15.9 Å². The molecule has 0 saturated carbocycles. The summed E-state index contributed by atoms with van der Waals surface area (Å²) in [5.74, 6) is -2.01. The van der Waals surface area contributed by atoms with Crippen LogP contribution in [0.3, 0.4) is 0 Å². The monoisotopic (exact) mass is 447 g/mol. The first-order valence-corrected chi connectivity index (χ1v) is 10.7. The van der Waals surface area contributed by atoms with Gasteiger partial charge in [0.15, 0.2) is 11.6 Å². The number of pyridine rings is 1. The molecule has 0 bridgehead atoms. The fraction of sp³-hybridized carbons (Fsp3) is 0.143. The van der Waals surface area contributed by atoms with Crippen LogP contribution in [0.15, 0.2) is 65.8 Å². The van der Waals surface area contributed by atoms with E-state index in [0.717, 1.165) is 18.2 Å². The molecule has 2 N–H and O–H groups in total. The molecular weight excluding hydrogens is 428 g/mol. The number of aromatic nitrogens is 1. The van der Waals surface area contributed by atoms with Crippen molar-refractivity contribution in [1.29, 1.82) is 0 Å². The summed E-state index contributed by atoms with van der Waals surface area (Å²) < 4.78 is 60.2. The van der Waals surface area contributed by atoms with Gasteiger partial charge in [0.2, 0.25) is 10.0 Å². The SMILES string of the molecule is CCNS(=O)(=O)c1ccc(F)c(C(=O)NCc2ccc(Oc3cccnc3)c(F)c2)c1. The Hall–Kier alpha value is -3.37. The van der Waals surface area contributed by atoms with Gasteiger partial charge < -0.3 is 10.1 Å². The number of sulfonamides is 1. The molecule has 0 unspecified atom stereocenters. The molecular formula is C21H19F2N3O4S. The van der Waals surface area contributed by atoms with Crippen molar-refractivity contribution in [3.8, 4) is 11.5 Å². The molecule has 0 saturated heterocycles. The van der Waals surface area contributed by atoms with E-state index in [1.807, 2.05) is 0 Å². The van der Waals surface area contributed by atoms with E-state index in [1.54, 1.807) is 25.3 Å². The predicted molar refractivity (Wildman–Crippen MR) is 109 cm³/mol. The van der Waals surface area contributed by atoms with Gasteiger partial charge in [0, 0.05) is 19.3 Å². The minimum absolute atomic E-state index is 0.0181. The van der Waals surface area contributed by atoms with Gasteiger partial charge in [-0.1, -0.05) is 13.0 Å². The highest BCUT2D eigenvalue weighted by molar-refractivity contribution is 7.89. The minimum Gasteiger partial charge on any atom is -0.453 e. The maximum atomic E-state index is 14.3. The second-order valence-electron chi connectivity index (χ2n) is 6.38. The molecule has 0 aliphatic rings. The Morgan fingerprint density at radius 1 is 1.10 bits per heavy atom. The van der Waals surface area contributed by atoms with Crippen LogP contribution in [0.25, 0.3) is 0 Å². The lowest BCUT2D eigenvalue weighted by molar-refractivity contribution is 0.0946. The molecule has 1 heterocycles. The highest BCUT2D eigenvalue weighted by atomic mass is 32.2. The Balaban J connectivity index is 1.70. The summed E-state index contributed by atoms with van der Waals surface area (Å²) in [6.45, 7) is 1.64. The summed E-state index contributed by atoms with van der Waals surface area (Å²) in [5.41, 5.74) is -0.0304. The van der Waals surface area contributed by atoms with Crippen molar-refractivity contribution in [1.82, 2.24) is 15.0 Å². The van der Waals surface area contributed by atoms with Gasteiger partial charge in [0.1, 0.15) is 11.6 Å². The first kappa shape index (κ1) is 22.3. The molecule has 10 heteroatoms. The van der Waals surface area contributed by atoms with Crippen LogP contribution >= 0.6 is 0 Å². The smallest absolute Gasteiger partial charge is 0.254 e. The number of carbonyl (C=O) groups is 1. The van der Waals surface area contributed by atoms with E-state index in [1.165, 1.54) is 24.4 Å². The van der Waals surface area contributed by atoms with Crippen LogP contribution in [0.4, 0.5) is 8.78 Å². The van der Waals surface area contributed by atoms with Gasteiger partial charge >= 0.3 is 0 Å². The van der Waals surface area contributed by atoms with E-state index < -0.39 is 33.1 Å².